The number of hydrogen-bond donors (Lipinski definition) is 2. The van der Waals surface area contributed by atoms with E-state index in [1.54, 1.807) is 0 Å². The lowest BCUT2D eigenvalue weighted by Gasteiger charge is -2.07. The minimum atomic E-state index is -0.545. The van der Waals surface area contributed by atoms with E-state index in [-0.39, 0.29) is 28.8 Å². The predicted octanol–water partition coefficient (Wildman–Crippen LogP) is 1.80. The van der Waals surface area contributed by atoms with Gasteiger partial charge >= 0.3 is 0 Å². The molecule has 0 saturated heterocycles. The second-order valence-corrected chi connectivity index (χ2v) is 3.66. The van der Waals surface area contributed by atoms with Crippen molar-refractivity contribution in [3.05, 3.63) is 33.3 Å². The van der Waals surface area contributed by atoms with Crippen LogP contribution in [0.15, 0.2) is 18.2 Å². The van der Waals surface area contributed by atoms with Gasteiger partial charge in [-0.1, -0.05) is 18.5 Å². The minimum absolute atomic E-state index is 0.117. The van der Waals surface area contributed by atoms with Gasteiger partial charge in [0.1, 0.15) is 0 Å². The molecule has 2 N–H and O–H groups in total. The first-order valence-corrected chi connectivity index (χ1v) is 5.37. The van der Waals surface area contributed by atoms with Gasteiger partial charge in [-0.05, 0) is 12.6 Å². The molecule has 0 unspecified atom stereocenters. The van der Waals surface area contributed by atoms with Gasteiger partial charge in [0.25, 0.3) is 5.69 Å². The summed E-state index contributed by atoms with van der Waals surface area (Å²) in [5, 5.41) is 16.2. The van der Waals surface area contributed by atoms with E-state index in [1.807, 2.05) is 6.92 Å². The molecular formula is C10H12ClN3O3. The number of hydrogen-bond acceptors (Lipinski definition) is 4. The molecule has 0 fully saturated rings. The summed E-state index contributed by atoms with van der Waals surface area (Å²) in [6, 6.07) is 3.89. The second kappa shape index (κ2) is 6.17. The van der Waals surface area contributed by atoms with Crippen LogP contribution in [0.25, 0.3) is 0 Å². The predicted molar refractivity (Wildman–Crippen MR) is 65.3 cm³/mol. The number of carbonyl (C=O) groups is 1. The van der Waals surface area contributed by atoms with Crippen molar-refractivity contribution in [3.63, 3.8) is 0 Å². The van der Waals surface area contributed by atoms with E-state index in [0.29, 0.717) is 6.54 Å². The summed E-state index contributed by atoms with van der Waals surface area (Å²) in [5.41, 5.74) is 0.122. The number of carbonyl (C=O) groups excluding carboxylic acids is 1. The summed E-state index contributed by atoms with van der Waals surface area (Å²) in [5.74, 6) is -0.297. The lowest BCUT2D eigenvalue weighted by atomic mass is 10.3. The SMILES string of the molecule is CCNCC(=O)Nc1cc([N+](=O)[O-])ccc1Cl. The zero-order valence-corrected chi connectivity index (χ0v) is 9.95. The molecule has 7 heteroatoms. The van der Waals surface area contributed by atoms with Crippen LogP contribution in [0.3, 0.4) is 0 Å². The maximum Gasteiger partial charge on any atom is 0.271 e. The van der Waals surface area contributed by atoms with Crippen LogP contribution in [-0.4, -0.2) is 23.9 Å². The molecule has 0 heterocycles. The average Bonchev–Trinajstić information content (AvgIpc) is 2.29. The number of nitrogens with one attached hydrogen (secondary N) is 2. The maximum atomic E-state index is 11.4. The van der Waals surface area contributed by atoms with Crippen LogP contribution in [-0.2, 0) is 4.79 Å². The summed E-state index contributed by atoms with van der Waals surface area (Å²) >= 11 is 5.82. The molecule has 1 rings (SSSR count). The van der Waals surface area contributed by atoms with Crippen molar-refractivity contribution in [3.8, 4) is 0 Å². The number of non-ortho nitro benzene ring substituents is 1. The lowest BCUT2D eigenvalue weighted by molar-refractivity contribution is -0.384. The molecular weight excluding hydrogens is 246 g/mol. The number of nitrogens with zero attached hydrogens (tertiary/aromatic N) is 1. The lowest BCUT2D eigenvalue weighted by Crippen LogP contribution is -2.27. The van der Waals surface area contributed by atoms with Gasteiger partial charge in [0, 0.05) is 12.1 Å². The van der Waals surface area contributed by atoms with Crippen molar-refractivity contribution < 1.29 is 9.72 Å². The van der Waals surface area contributed by atoms with E-state index in [4.69, 9.17) is 11.6 Å². The number of benzene rings is 1. The summed E-state index contributed by atoms with van der Waals surface area (Å²) in [7, 11) is 0. The molecule has 0 radical (unpaired) electrons. The number of nitro benzene ring substituents is 1. The highest BCUT2D eigenvalue weighted by molar-refractivity contribution is 6.33. The van der Waals surface area contributed by atoms with Crippen LogP contribution in [0.4, 0.5) is 11.4 Å². The Morgan fingerprint density at radius 1 is 1.53 bits per heavy atom. The Balaban J connectivity index is 2.79. The van der Waals surface area contributed by atoms with Crippen molar-refractivity contribution in [1.82, 2.24) is 5.32 Å². The van der Waals surface area contributed by atoms with Crippen LogP contribution in [0.5, 0.6) is 0 Å². The van der Waals surface area contributed by atoms with Crippen LogP contribution in [0, 0.1) is 10.1 Å². The van der Waals surface area contributed by atoms with Crippen LogP contribution >= 0.6 is 11.6 Å². The third-order valence-corrected chi connectivity index (χ3v) is 2.30. The fourth-order valence-corrected chi connectivity index (χ4v) is 1.32. The monoisotopic (exact) mass is 257 g/mol. The standard InChI is InChI=1S/C10H12ClN3O3/c1-2-12-6-10(15)13-9-5-7(14(16)17)3-4-8(9)11/h3-5,12H,2,6H2,1H3,(H,13,15). The Morgan fingerprint density at radius 3 is 2.82 bits per heavy atom. The van der Waals surface area contributed by atoms with Gasteiger partial charge in [-0.25, -0.2) is 0 Å². The molecule has 0 aliphatic heterocycles. The van der Waals surface area contributed by atoms with E-state index in [0.717, 1.165) is 0 Å². The third kappa shape index (κ3) is 4.01. The highest BCUT2D eigenvalue weighted by Crippen LogP contribution is 2.26. The number of halogens is 1. The Hall–Kier alpha value is -1.66. The molecule has 17 heavy (non-hydrogen) atoms. The summed E-state index contributed by atoms with van der Waals surface area (Å²) in [6.45, 7) is 2.67. The highest BCUT2D eigenvalue weighted by Gasteiger charge is 2.11. The number of rotatable bonds is 5. The smallest absolute Gasteiger partial charge is 0.271 e. The number of anilines is 1. The molecule has 0 saturated carbocycles. The molecule has 0 spiro atoms. The number of nitro groups is 1. The zero-order chi connectivity index (χ0) is 12.8. The molecule has 0 aromatic heterocycles. The Bertz CT molecular complexity index is 437. The average molecular weight is 258 g/mol. The summed E-state index contributed by atoms with van der Waals surface area (Å²) in [6.07, 6.45) is 0. The first kappa shape index (κ1) is 13.4. The number of likely N-dealkylation sites (N-methyl/N-ethyl adjacent to an activating group) is 1. The van der Waals surface area contributed by atoms with Crippen molar-refractivity contribution in [2.24, 2.45) is 0 Å². The maximum absolute atomic E-state index is 11.4. The largest absolute Gasteiger partial charge is 0.323 e. The Morgan fingerprint density at radius 2 is 2.24 bits per heavy atom. The van der Waals surface area contributed by atoms with Crippen molar-refractivity contribution in [1.29, 1.82) is 0 Å². The molecule has 0 aliphatic carbocycles. The third-order valence-electron chi connectivity index (χ3n) is 1.97. The van der Waals surface area contributed by atoms with Crippen molar-refractivity contribution >= 4 is 28.9 Å². The van der Waals surface area contributed by atoms with Crippen LogP contribution in [0.1, 0.15) is 6.92 Å². The fraction of sp³-hybridized carbons (Fsp3) is 0.300. The van der Waals surface area contributed by atoms with Crippen LogP contribution in [0.2, 0.25) is 5.02 Å². The molecule has 92 valence electrons. The first-order chi connectivity index (χ1) is 8.04. The van der Waals surface area contributed by atoms with Gasteiger partial charge in [-0.15, -0.1) is 0 Å². The van der Waals surface area contributed by atoms with E-state index in [1.165, 1.54) is 18.2 Å². The molecule has 0 atom stereocenters. The topological polar surface area (TPSA) is 84.3 Å². The summed E-state index contributed by atoms with van der Waals surface area (Å²) in [4.78, 5) is 21.4. The number of amides is 1. The normalized spacial score (nSPS) is 10.0. The zero-order valence-electron chi connectivity index (χ0n) is 9.20. The van der Waals surface area contributed by atoms with E-state index >= 15 is 0 Å². The second-order valence-electron chi connectivity index (χ2n) is 3.25. The van der Waals surface area contributed by atoms with Gasteiger partial charge in [-0.3, -0.25) is 14.9 Å². The minimum Gasteiger partial charge on any atom is -0.323 e. The van der Waals surface area contributed by atoms with Crippen molar-refractivity contribution in [2.45, 2.75) is 6.92 Å². The van der Waals surface area contributed by atoms with Gasteiger partial charge in [0.05, 0.1) is 22.2 Å². The molecule has 6 nitrogen and oxygen atoms in total. The van der Waals surface area contributed by atoms with Gasteiger partial charge in [0.15, 0.2) is 0 Å². The highest BCUT2D eigenvalue weighted by atomic mass is 35.5. The molecule has 1 aromatic rings. The van der Waals surface area contributed by atoms with Gasteiger partial charge in [-0.2, -0.15) is 0 Å². The van der Waals surface area contributed by atoms with E-state index in [9.17, 15) is 14.9 Å². The first-order valence-electron chi connectivity index (χ1n) is 4.99. The van der Waals surface area contributed by atoms with Crippen LogP contribution < -0.4 is 10.6 Å². The Kier molecular flexibility index (Phi) is 4.86. The quantitative estimate of drug-likeness (QED) is 0.622. The molecule has 0 bridgehead atoms. The molecule has 1 amide bonds. The van der Waals surface area contributed by atoms with Gasteiger partial charge in [0.2, 0.25) is 5.91 Å². The van der Waals surface area contributed by atoms with Crippen molar-refractivity contribution in [2.75, 3.05) is 18.4 Å². The Labute approximate surface area is 103 Å². The van der Waals surface area contributed by atoms with E-state index in [2.05, 4.69) is 10.6 Å². The fourth-order valence-electron chi connectivity index (χ4n) is 1.16. The van der Waals surface area contributed by atoms with E-state index < -0.39 is 4.92 Å². The summed E-state index contributed by atoms with van der Waals surface area (Å²) < 4.78 is 0. The van der Waals surface area contributed by atoms with Gasteiger partial charge < -0.3 is 10.6 Å². The molecule has 0 aliphatic rings. The molecule has 1 aromatic carbocycles.